The zero-order chi connectivity index (χ0) is 12.5. The second-order valence-electron chi connectivity index (χ2n) is 4.67. The molecule has 0 aromatic heterocycles. The van der Waals surface area contributed by atoms with Gasteiger partial charge in [-0.3, -0.25) is 4.79 Å². The van der Waals surface area contributed by atoms with Crippen molar-refractivity contribution >= 4 is 12.2 Å². The van der Waals surface area contributed by atoms with Gasteiger partial charge in [-0.1, -0.05) is 24.8 Å². The number of nitrogens with zero attached hydrogens (tertiary/aromatic N) is 1. The molecule has 0 spiro atoms. The van der Waals surface area contributed by atoms with Crippen molar-refractivity contribution in [3.63, 3.8) is 0 Å². The summed E-state index contributed by atoms with van der Waals surface area (Å²) in [6.45, 7) is 6.58. The Morgan fingerprint density at radius 1 is 1.41 bits per heavy atom. The molecule has 0 saturated carbocycles. The van der Waals surface area contributed by atoms with Crippen molar-refractivity contribution in [2.24, 2.45) is 5.41 Å². The molecule has 1 aromatic rings. The third-order valence-corrected chi connectivity index (χ3v) is 3.28. The first kappa shape index (κ1) is 11.6. The SMILES string of the molecule is C=C1CN(C(=O)c2ccccc2)CC1(C)C=O. The van der Waals surface area contributed by atoms with Crippen LogP contribution in [-0.4, -0.2) is 30.2 Å². The fourth-order valence-electron chi connectivity index (χ4n) is 2.00. The molecule has 88 valence electrons. The molecule has 1 aromatic carbocycles. The maximum absolute atomic E-state index is 12.2. The minimum Gasteiger partial charge on any atom is -0.333 e. The lowest BCUT2D eigenvalue weighted by atomic mass is 9.88. The fraction of sp³-hybridized carbons (Fsp3) is 0.286. The van der Waals surface area contributed by atoms with Crippen molar-refractivity contribution in [1.82, 2.24) is 4.90 Å². The summed E-state index contributed by atoms with van der Waals surface area (Å²) >= 11 is 0. The Labute approximate surface area is 101 Å². The molecule has 1 aliphatic heterocycles. The van der Waals surface area contributed by atoms with Crippen molar-refractivity contribution in [1.29, 1.82) is 0 Å². The number of aldehydes is 1. The summed E-state index contributed by atoms with van der Waals surface area (Å²) in [5, 5.41) is 0. The average molecular weight is 229 g/mol. The predicted octanol–water partition coefficient (Wildman–Crippen LogP) is 1.90. The highest BCUT2D eigenvalue weighted by Crippen LogP contribution is 2.32. The van der Waals surface area contributed by atoms with Crippen LogP contribution in [0.15, 0.2) is 42.5 Å². The molecular formula is C14H15NO2. The zero-order valence-corrected chi connectivity index (χ0v) is 9.85. The summed E-state index contributed by atoms with van der Waals surface area (Å²) in [6, 6.07) is 9.09. The summed E-state index contributed by atoms with van der Waals surface area (Å²) in [4.78, 5) is 24.9. The highest BCUT2D eigenvalue weighted by atomic mass is 16.2. The smallest absolute Gasteiger partial charge is 0.254 e. The topological polar surface area (TPSA) is 37.4 Å². The Balaban J connectivity index is 2.19. The molecule has 1 fully saturated rings. The first-order valence-electron chi connectivity index (χ1n) is 5.56. The van der Waals surface area contributed by atoms with Gasteiger partial charge in [0.1, 0.15) is 6.29 Å². The molecule has 3 nitrogen and oxygen atoms in total. The van der Waals surface area contributed by atoms with Crippen LogP contribution in [0, 0.1) is 5.41 Å². The quantitative estimate of drug-likeness (QED) is 0.574. The highest BCUT2D eigenvalue weighted by molar-refractivity contribution is 5.95. The van der Waals surface area contributed by atoms with E-state index in [0.29, 0.717) is 18.7 Å². The minimum atomic E-state index is -0.593. The minimum absolute atomic E-state index is 0.0441. The Bertz CT molecular complexity index is 466. The molecule has 1 atom stereocenters. The molecule has 0 aliphatic carbocycles. The van der Waals surface area contributed by atoms with Gasteiger partial charge in [-0.25, -0.2) is 0 Å². The number of benzene rings is 1. The van der Waals surface area contributed by atoms with Crippen LogP contribution in [0.1, 0.15) is 17.3 Å². The standard InChI is InChI=1S/C14H15NO2/c1-11-8-15(9-14(11,2)10-16)13(17)12-6-4-3-5-7-12/h3-7,10H,1,8-9H2,2H3. The number of amides is 1. The molecule has 2 rings (SSSR count). The third kappa shape index (κ3) is 2.00. The van der Waals surface area contributed by atoms with Gasteiger partial charge < -0.3 is 9.69 Å². The summed E-state index contributed by atoms with van der Waals surface area (Å²) in [5.41, 5.74) is 0.858. The van der Waals surface area contributed by atoms with E-state index >= 15 is 0 Å². The third-order valence-electron chi connectivity index (χ3n) is 3.28. The molecule has 0 N–H and O–H groups in total. The largest absolute Gasteiger partial charge is 0.333 e. The number of hydrogen-bond donors (Lipinski definition) is 0. The molecule has 1 aliphatic rings. The van der Waals surface area contributed by atoms with E-state index in [2.05, 4.69) is 6.58 Å². The van der Waals surface area contributed by atoms with Crippen LogP contribution < -0.4 is 0 Å². The van der Waals surface area contributed by atoms with Crippen LogP contribution in [0.3, 0.4) is 0 Å². The van der Waals surface area contributed by atoms with Gasteiger partial charge in [0.2, 0.25) is 0 Å². The molecule has 17 heavy (non-hydrogen) atoms. The van der Waals surface area contributed by atoms with Crippen molar-refractivity contribution in [2.75, 3.05) is 13.1 Å². The van der Waals surface area contributed by atoms with Crippen molar-refractivity contribution < 1.29 is 9.59 Å². The number of likely N-dealkylation sites (tertiary alicyclic amines) is 1. The second kappa shape index (κ2) is 4.17. The van der Waals surface area contributed by atoms with Crippen LogP contribution >= 0.6 is 0 Å². The summed E-state index contributed by atoms with van der Waals surface area (Å²) < 4.78 is 0. The monoisotopic (exact) mass is 229 g/mol. The lowest BCUT2D eigenvalue weighted by molar-refractivity contribution is -0.113. The number of carbonyl (C=O) groups excluding carboxylic acids is 2. The van der Waals surface area contributed by atoms with E-state index in [1.165, 1.54) is 0 Å². The van der Waals surface area contributed by atoms with E-state index in [0.717, 1.165) is 11.9 Å². The summed E-state index contributed by atoms with van der Waals surface area (Å²) in [6.07, 6.45) is 0.883. The van der Waals surface area contributed by atoms with E-state index in [4.69, 9.17) is 0 Å². The summed E-state index contributed by atoms with van der Waals surface area (Å²) in [7, 11) is 0. The van der Waals surface area contributed by atoms with Gasteiger partial charge in [0, 0.05) is 18.7 Å². The lowest BCUT2D eigenvalue weighted by Gasteiger charge is -2.18. The van der Waals surface area contributed by atoms with E-state index in [-0.39, 0.29) is 5.91 Å². The van der Waals surface area contributed by atoms with Crippen LogP contribution in [0.2, 0.25) is 0 Å². The molecule has 1 heterocycles. The van der Waals surface area contributed by atoms with Gasteiger partial charge in [-0.15, -0.1) is 0 Å². The molecule has 0 radical (unpaired) electrons. The van der Waals surface area contributed by atoms with E-state index in [9.17, 15) is 9.59 Å². The number of hydrogen-bond acceptors (Lipinski definition) is 2. The molecule has 3 heteroatoms. The van der Waals surface area contributed by atoms with Gasteiger partial charge >= 0.3 is 0 Å². The Morgan fingerprint density at radius 2 is 2.06 bits per heavy atom. The Kier molecular flexibility index (Phi) is 2.84. The van der Waals surface area contributed by atoms with Crippen LogP contribution in [0.25, 0.3) is 0 Å². The predicted molar refractivity (Wildman–Crippen MR) is 65.7 cm³/mol. The Hall–Kier alpha value is -1.90. The van der Waals surface area contributed by atoms with E-state index in [1.54, 1.807) is 17.0 Å². The first-order chi connectivity index (χ1) is 8.07. The number of rotatable bonds is 2. The number of carbonyl (C=O) groups is 2. The molecule has 0 bridgehead atoms. The molecule has 1 unspecified atom stereocenters. The van der Waals surface area contributed by atoms with E-state index in [1.807, 2.05) is 25.1 Å². The van der Waals surface area contributed by atoms with Crippen LogP contribution in [0.4, 0.5) is 0 Å². The maximum atomic E-state index is 12.2. The zero-order valence-electron chi connectivity index (χ0n) is 9.85. The van der Waals surface area contributed by atoms with Crippen LogP contribution in [-0.2, 0) is 4.79 Å². The van der Waals surface area contributed by atoms with Gasteiger partial charge in [0.05, 0.1) is 5.41 Å². The van der Waals surface area contributed by atoms with Crippen molar-refractivity contribution in [2.45, 2.75) is 6.92 Å². The second-order valence-corrected chi connectivity index (χ2v) is 4.67. The molecule has 1 saturated heterocycles. The average Bonchev–Trinajstić information content (AvgIpc) is 2.67. The van der Waals surface area contributed by atoms with Gasteiger partial charge in [-0.2, -0.15) is 0 Å². The lowest BCUT2D eigenvalue weighted by Crippen LogP contribution is -2.31. The molecular weight excluding hydrogens is 214 g/mol. The van der Waals surface area contributed by atoms with Crippen molar-refractivity contribution in [3.05, 3.63) is 48.0 Å². The highest BCUT2D eigenvalue weighted by Gasteiger charge is 2.39. The van der Waals surface area contributed by atoms with Gasteiger partial charge in [0.15, 0.2) is 0 Å². The van der Waals surface area contributed by atoms with Crippen molar-refractivity contribution in [3.8, 4) is 0 Å². The normalized spacial score (nSPS) is 23.8. The Morgan fingerprint density at radius 3 is 2.59 bits per heavy atom. The summed E-state index contributed by atoms with van der Waals surface area (Å²) in [5.74, 6) is -0.0441. The van der Waals surface area contributed by atoms with Crippen LogP contribution in [0.5, 0.6) is 0 Å². The molecule has 1 amide bonds. The van der Waals surface area contributed by atoms with Gasteiger partial charge in [-0.05, 0) is 24.6 Å². The van der Waals surface area contributed by atoms with Gasteiger partial charge in [0.25, 0.3) is 5.91 Å². The first-order valence-corrected chi connectivity index (χ1v) is 5.56. The maximum Gasteiger partial charge on any atom is 0.254 e. The van der Waals surface area contributed by atoms with E-state index < -0.39 is 5.41 Å². The fourth-order valence-corrected chi connectivity index (χ4v) is 2.00.